The number of carboxylic acid groups (broad SMARTS) is 3. The minimum Gasteiger partial charge on any atom is -0.475 e. The highest BCUT2D eigenvalue weighted by molar-refractivity contribution is 5.94. The van der Waals surface area contributed by atoms with Crippen molar-refractivity contribution in [3.8, 4) is 11.1 Å². The van der Waals surface area contributed by atoms with Crippen molar-refractivity contribution in [2.45, 2.75) is 64.1 Å². The Labute approximate surface area is 350 Å². The summed E-state index contributed by atoms with van der Waals surface area (Å²) in [4.78, 5) is 44.7. The van der Waals surface area contributed by atoms with Gasteiger partial charge in [-0.25, -0.2) is 18.8 Å². The van der Waals surface area contributed by atoms with Crippen LogP contribution in [0.4, 0.5) is 43.9 Å². The fourth-order valence-corrected chi connectivity index (χ4v) is 5.96. The molecule has 2 atom stereocenters. The Kier molecular flexibility index (Phi) is 19.3. The van der Waals surface area contributed by atoms with Crippen molar-refractivity contribution in [2.24, 2.45) is 0 Å². The molecule has 2 aliphatic heterocycles. The molecule has 12 nitrogen and oxygen atoms in total. The van der Waals surface area contributed by atoms with E-state index in [0.29, 0.717) is 29.8 Å². The number of nitrogens with one attached hydrogen (secondary N) is 2. The van der Waals surface area contributed by atoms with Crippen LogP contribution in [0.1, 0.15) is 40.9 Å². The number of carboxylic acids is 3. The summed E-state index contributed by atoms with van der Waals surface area (Å²) in [5.74, 6) is -8.64. The molecule has 2 saturated heterocycles. The Balaban J connectivity index is 0.000000519. The maximum absolute atomic E-state index is 15.0. The smallest absolute Gasteiger partial charge is 0.475 e. The van der Waals surface area contributed by atoms with E-state index in [2.05, 4.69) is 66.6 Å². The van der Waals surface area contributed by atoms with Gasteiger partial charge in [0.1, 0.15) is 5.82 Å². The topological polar surface area (TPSA) is 160 Å². The van der Waals surface area contributed by atoms with E-state index >= 15 is 0 Å². The molecule has 0 saturated carbocycles. The summed E-state index contributed by atoms with van der Waals surface area (Å²) in [6.07, 6.45) is -15.3. The number of alkyl halides is 9. The second-order valence-electron chi connectivity index (χ2n) is 15.0. The Bertz CT molecular complexity index is 1920. The van der Waals surface area contributed by atoms with Gasteiger partial charge in [-0.1, -0.05) is 36.4 Å². The van der Waals surface area contributed by atoms with Crippen LogP contribution in [-0.4, -0.2) is 137 Å². The van der Waals surface area contributed by atoms with Crippen LogP contribution >= 0.6 is 0 Å². The number of nitrogens with zero attached hydrogens (tertiary/aromatic N) is 3. The van der Waals surface area contributed by atoms with Crippen molar-refractivity contribution in [1.29, 1.82) is 0 Å². The monoisotopic (exact) mass is 900 g/mol. The Morgan fingerprint density at radius 2 is 1.21 bits per heavy atom. The molecule has 5 rings (SSSR count). The number of halogens is 10. The van der Waals surface area contributed by atoms with Crippen LogP contribution in [0, 0.1) is 5.82 Å². The van der Waals surface area contributed by atoms with Gasteiger partial charge in [-0.05, 0) is 66.4 Å². The van der Waals surface area contributed by atoms with Gasteiger partial charge in [0.05, 0.1) is 33.2 Å². The molecule has 3 aromatic carbocycles. The minimum absolute atomic E-state index is 0.116. The summed E-state index contributed by atoms with van der Waals surface area (Å²) in [5, 5.41) is 27.9. The molecule has 3 aromatic rings. The molecular weight excluding hydrogens is 852 g/mol. The predicted octanol–water partition coefficient (Wildman–Crippen LogP) is 6.40. The lowest BCUT2D eigenvalue weighted by molar-refractivity contribution is -0.917. The third-order valence-electron chi connectivity index (χ3n) is 9.61. The van der Waals surface area contributed by atoms with E-state index < -0.39 is 36.4 Å². The molecule has 0 radical (unpaired) electrons. The molecule has 0 aliphatic carbocycles. The van der Waals surface area contributed by atoms with Crippen molar-refractivity contribution in [3.63, 3.8) is 0 Å². The molecule has 1 unspecified atom stereocenters. The van der Waals surface area contributed by atoms with Crippen LogP contribution in [0.25, 0.3) is 11.1 Å². The average molecular weight is 901 g/mol. The number of carbonyl (C=O) groups is 4. The van der Waals surface area contributed by atoms with E-state index in [4.69, 9.17) is 29.7 Å². The number of quaternary nitrogens is 1. The SMILES string of the molecule is CC1CN(Cc2cccc(C(=O)NCc3ccc(F)c(-c4cccc(CN5CCN[C@@H](C)C5)c4)c3)c2)CC[N+]1(C)C.O=C(O)C(F)(F)F.O=C(O)C(F)(F)F.O=C(O)C(F)(F)F. The molecule has 62 heavy (non-hydrogen) atoms. The molecule has 5 N–H and O–H groups in total. The van der Waals surface area contributed by atoms with E-state index in [0.717, 1.165) is 73.5 Å². The van der Waals surface area contributed by atoms with E-state index in [1.54, 1.807) is 6.07 Å². The number of amides is 1. The van der Waals surface area contributed by atoms with E-state index in [-0.39, 0.29) is 11.7 Å². The first-order valence-corrected chi connectivity index (χ1v) is 18.7. The fraction of sp³-hybridized carbons (Fsp3) is 0.450. The normalized spacial score (nSPS) is 18.0. The lowest BCUT2D eigenvalue weighted by Gasteiger charge is -2.44. The maximum Gasteiger partial charge on any atom is 0.490 e. The van der Waals surface area contributed by atoms with E-state index in [9.17, 15) is 48.7 Å². The van der Waals surface area contributed by atoms with Gasteiger partial charge in [0, 0.05) is 63.0 Å². The number of carbonyl (C=O) groups excluding carboxylic acids is 1. The molecule has 0 bridgehead atoms. The van der Waals surface area contributed by atoms with Crippen LogP contribution in [0.2, 0.25) is 0 Å². The van der Waals surface area contributed by atoms with Crippen LogP contribution in [0.3, 0.4) is 0 Å². The fourth-order valence-electron chi connectivity index (χ4n) is 5.96. The highest BCUT2D eigenvalue weighted by Crippen LogP contribution is 2.26. The van der Waals surface area contributed by atoms with Gasteiger partial charge in [0.15, 0.2) is 0 Å². The van der Waals surface area contributed by atoms with Crippen LogP contribution in [0.5, 0.6) is 0 Å². The molecule has 0 spiro atoms. The zero-order chi connectivity index (χ0) is 47.2. The van der Waals surface area contributed by atoms with Crippen molar-refractivity contribution in [2.75, 3.05) is 53.4 Å². The molecule has 1 amide bonds. The quantitative estimate of drug-likeness (QED) is 0.127. The maximum atomic E-state index is 15.0. The van der Waals surface area contributed by atoms with Crippen molar-refractivity contribution in [3.05, 3.63) is 94.8 Å². The Morgan fingerprint density at radius 1 is 0.710 bits per heavy atom. The number of benzene rings is 3. The van der Waals surface area contributed by atoms with E-state index in [1.165, 1.54) is 11.6 Å². The second kappa shape index (κ2) is 22.7. The number of hydrogen-bond donors (Lipinski definition) is 5. The number of rotatable bonds is 8. The first-order valence-electron chi connectivity index (χ1n) is 18.7. The number of aliphatic carboxylic acids is 3. The zero-order valence-corrected chi connectivity index (χ0v) is 34.0. The molecular formula is C40H48F10N5O7+. The molecule has 2 heterocycles. The van der Waals surface area contributed by atoms with Crippen LogP contribution in [0.15, 0.2) is 66.7 Å². The Morgan fingerprint density at radius 3 is 1.71 bits per heavy atom. The minimum atomic E-state index is -5.08. The molecule has 22 heteroatoms. The van der Waals surface area contributed by atoms with Gasteiger partial charge in [0.2, 0.25) is 0 Å². The number of likely N-dealkylation sites (N-methyl/N-ethyl adjacent to an activating group) is 1. The number of hydrogen-bond acceptors (Lipinski definition) is 7. The zero-order valence-electron chi connectivity index (χ0n) is 34.0. The molecule has 344 valence electrons. The summed E-state index contributed by atoms with van der Waals surface area (Å²) >= 11 is 0. The molecule has 2 aliphatic rings. The standard InChI is InChI=1S/C34H44FN5O.3C2HF3O2/c1-25-21-38(14-13-36-25)23-28-7-5-9-30(17-28)32-19-27(11-12-33(32)35)20-37-34(41)31-10-6-8-29(18-31)24-39-15-16-40(3,4)26(2)22-39;3*3-2(4,5)1(6)7/h5-12,17-19,25-26,36H,13-16,20-24H2,1-4H3;3*(H,6,7)/p+1/t25-,26?;;;/m0.../s1. The lowest BCUT2D eigenvalue weighted by atomic mass is 10.00. The van der Waals surface area contributed by atoms with Crippen molar-refractivity contribution in [1.82, 2.24) is 20.4 Å². The second-order valence-corrected chi connectivity index (χ2v) is 15.0. The average Bonchev–Trinajstić information content (AvgIpc) is 3.16. The summed E-state index contributed by atoms with van der Waals surface area (Å²) in [5.41, 5.74) is 5.27. The predicted molar refractivity (Wildman–Crippen MR) is 205 cm³/mol. The first-order chi connectivity index (χ1) is 28.5. The highest BCUT2D eigenvalue weighted by atomic mass is 19.4. The van der Waals surface area contributed by atoms with Gasteiger partial charge < -0.3 is 30.4 Å². The first kappa shape index (κ1) is 52.8. The third-order valence-corrected chi connectivity index (χ3v) is 9.61. The largest absolute Gasteiger partial charge is 0.490 e. The van der Waals surface area contributed by atoms with Crippen LogP contribution in [-0.2, 0) is 34.0 Å². The lowest BCUT2D eigenvalue weighted by Crippen LogP contribution is -2.59. The van der Waals surface area contributed by atoms with Gasteiger partial charge in [-0.2, -0.15) is 39.5 Å². The van der Waals surface area contributed by atoms with Crippen molar-refractivity contribution < 1.29 is 82.9 Å². The molecule has 2 fully saturated rings. The summed E-state index contributed by atoms with van der Waals surface area (Å²) < 4.78 is 111. The van der Waals surface area contributed by atoms with Crippen LogP contribution < -0.4 is 10.6 Å². The summed E-state index contributed by atoms with van der Waals surface area (Å²) in [6, 6.07) is 22.2. The van der Waals surface area contributed by atoms with Gasteiger partial charge in [-0.15, -0.1) is 0 Å². The number of piperazine rings is 2. The van der Waals surface area contributed by atoms with E-state index in [1.807, 2.05) is 36.4 Å². The Hall–Kier alpha value is -5.32. The highest BCUT2D eigenvalue weighted by Gasteiger charge is 2.39. The van der Waals surface area contributed by atoms with Gasteiger partial charge in [0.25, 0.3) is 5.91 Å². The third kappa shape index (κ3) is 18.3. The van der Waals surface area contributed by atoms with Gasteiger partial charge in [-0.3, -0.25) is 14.6 Å². The summed E-state index contributed by atoms with van der Waals surface area (Å²) in [6.45, 7) is 12.8. The summed E-state index contributed by atoms with van der Waals surface area (Å²) in [7, 11) is 4.59. The van der Waals surface area contributed by atoms with Gasteiger partial charge >= 0.3 is 36.4 Å². The molecule has 0 aromatic heterocycles. The van der Waals surface area contributed by atoms with Crippen molar-refractivity contribution >= 4 is 23.8 Å².